The van der Waals surface area contributed by atoms with Crippen LogP contribution >= 0.6 is 0 Å². The monoisotopic (exact) mass is 245 g/mol. The third-order valence-electron chi connectivity index (χ3n) is 2.32. The second-order valence-electron chi connectivity index (χ2n) is 5.12. The highest BCUT2D eigenvalue weighted by Gasteiger charge is 2.15. The Kier molecular flexibility index (Phi) is 7.54. The van der Waals surface area contributed by atoms with E-state index in [0.29, 0.717) is 18.8 Å². The summed E-state index contributed by atoms with van der Waals surface area (Å²) >= 11 is 0. The molecule has 1 aliphatic heterocycles. The normalized spacial score (nSPS) is 16.6. The van der Waals surface area contributed by atoms with E-state index < -0.39 is 5.97 Å². The molecule has 2 N–H and O–H groups in total. The molecule has 0 atom stereocenters. The van der Waals surface area contributed by atoms with Crippen molar-refractivity contribution >= 4 is 12.4 Å². The first kappa shape index (κ1) is 15.9. The number of hydrogen-bond donors (Lipinski definition) is 2. The number of carboxylic acid groups (broad SMARTS) is 1. The lowest BCUT2D eigenvalue weighted by Crippen LogP contribution is -2.28. The summed E-state index contributed by atoms with van der Waals surface area (Å²) in [6, 6.07) is 0. The molecular formula is C12H23NO4. The summed E-state index contributed by atoms with van der Waals surface area (Å²) in [6.45, 7) is 7.89. The second kappa shape index (κ2) is 8.06. The van der Waals surface area contributed by atoms with E-state index >= 15 is 0 Å². The molecule has 0 aromatic heterocycles. The molecule has 17 heavy (non-hydrogen) atoms. The predicted octanol–water partition coefficient (Wildman–Crippen LogP) is 1.42. The average Bonchev–Trinajstić information content (AvgIpc) is 2.17. The van der Waals surface area contributed by atoms with Gasteiger partial charge in [0.2, 0.25) is 0 Å². The Morgan fingerprint density at radius 1 is 1.41 bits per heavy atom. The SMILES string of the molecule is CC(C)(C)OC=O.O=C(O)CC1CCNCC1. The molecule has 0 aromatic rings. The zero-order valence-electron chi connectivity index (χ0n) is 10.9. The number of carboxylic acids is 1. The van der Waals surface area contributed by atoms with E-state index in [1.165, 1.54) is 0 Å². The van der Waals surface area contributed by atoms with Crippen molar-refractivity contribution in [1.82, 2.24) is 5.32 Å². The van der Waals surface area contributed by atoms with Crippen molar-refractivity contribution in [2.45, 2.75) is 45.6 Å². The van der Waals surface area contributed by atoms with Crippen LogP contribution in [0.2, 0.25) is 0 Å². The van der Waals surface area contributed by atoms with E-state index in [1.54, 1.807) is 0 Å². The van der Waals surface area contributed by atoms with Gasteiger partial charge in [-0.1, -0.05) is 0 Å². The number of rotatable bonds is 3. The number of aliphatic carboxylic acids is 1. The first-order chi connectivity index (χ1) is 7.85. The Hall–Kier alpha value is -1.10. The van der Waals surface area contributed by atoms with Crippen LogP contribution < -0.4 is 5.32 Å². The first-order valence-corrected chi connectivity index (χ1v) is 5.89. The van der Waals surface area contributed by atoms with Crippen LogP contribution in [0.15, 0.2) is 0 Å². The highest BCUT2D eigenvalue weighted by atomic mass is 16.5. The van der Waals surface area contributed by atoms with Gasteiger partial charge in [-0.25, -0.2) is 0 Å². The average molecular weight is 245 g/mol. The van der Waals surface area contributed by atoms with Crippen LogP contribution in [0.5, 0.6) is 0 Å². The molecule has 1 saturated heterocycles. The van der Waals surface area contributed by atoms with Crippen molar-refractivity contribution in [1.29, 1.82) is 0 Å². The van der Waals surface area contributed by atoms with Crippen LogP contribution in [-0.4, -0.2) is 36.2 Å². The van der Waals surface area contributed by atoms with Crippen molar-refractivity contribution in [3.05, 3.63) is 0 Å². The minimum atomic E-state index is -0.660. The largest absolute Gasteiger partial charge is 0.481 e. The molecule has 5 nitrogen and oxygen atoms in total. The van der Waals surface area contributed by atoms with Gasteiger partial charge < -0.3 is 15.2 Å². The lowest BCUT2D eigenvalue weighted by molar-refractivity contribution is -0.139. The van der Waals surface area contributed by atoms with Crippen LogP contribution in [0.4, 0.5) is 0 Å². The molecule has 1 rings (SSSR count). The molecule has 1 heterocycles. The van der Waals surface area contributed by atoms with Crippen LogP contribution in [0.25, 0.3) is 0 Å². The molecule has 0 bridgehead atoms. The van der Waals surface area contributed by atoms with Gasteiger partial charge in [0, 0.05) is 6.42 Å². The molecule has 0 saturated carbocycles. The highest BCUT2D eigenvalue weighted by Crippen LogP contribution is 2.14. The lowest BCUT2D eigenvalue weighted by atomic mass is 9.95. The minimum absolute atomic E-state index is 0.318. The summed E-state index contributed by atoms with van der Waals surface area (Å²) in [5, 5.41) is 11.6. The van der Waals surface area contributed by atoms with Gasteiger partial charge in [-0.05, 0) is 52.6 Å². The maximum atomic E-state index is 10.2. The third kappa shape index (κ3) is 11.2. The maximum Gasteiger partial charge on any atom is 0.303 e. The quantitative estimate of drug-likeness (QED) is 0.735. The van der Waals surface area contributed by atoms with E-state index in [0.717, 1.165) is 25.9 Å². The van der Waals surface area contributed by atoms with E-state index in [1.807, 2.05) is 20.8 Å². The van der Waals surface area contributed by atoms with Crippen molar-refractivity contribution in [3.8, 4) is 0 Å². The fourth-order valence-electron chi connectivity index (χ4n) is 1.48. The van der Waals surface area contributed by atoms with E-state index in [2.05, 4.69) is 10.1 Å². The summed E-state index contributed by atoms with van der Waals surface area (Å²) < 4.78 is 4.55. The summed E-state index contributed by atoms with van der Waals surface area (Å²) in [5.41, 5.74) is -0.318. The van der Waals surface area contributed by atoms with Crippen molar-refractivity contribution < 1.29 is 19.4 Å². The van der Waals surface area contributed by atoms with E-state index in [-0.39, 0.29) is 5.60 Å². The highest BCUT2D eigenvalue weighted by molar-refractivity contribution is 5.67. The number of hydrogen-bond acceptors (Lipinski definition) is 4. The summed E-state index contributed by atoms with van der Waals surface area (Å²) in [6.07, 6.45) is 2.39. The summed E-state index contributed by atoms with van der Waals surface area (Å²) in [5.74, 6) is -0.245. The lowest BCUT2D eigenvalue weighted by Gasteiger charge is -2.20. The molecule has 100 valence electrons. The van der Waals surface area contributed by atoms with Gasteiger partial charge in [-0.3, -0.25) is 9.59 Å². The summed E-state index contributed by atoms with van der Waals surface area (Å²) in [4.78, 5) is 19.8. The van der Waals surface area contributed by atoms with Gasteiger partial charge >= 0.3 is 5.97 Å². The predicted molar refractivity (Wildman–Crippen MR) is 64.7 cm³/mol. The Morgan fingerprint density at radius 2 is 1.94 bits per heavy atom. The second-order valence-corrected chi connectivity index (χ2v) is 5.12. The van der Waals surface area contributed by atoms with Crippen LogP contribution in [0.1, 0.15) is 40.0 Å². The smallest absolute Gasteiger partial charge is 0.303 e. The Bertz CT molecular complexity index is 229. The maximum absolute atomic E-state index is 10.2. The fraction of sp³-hybridized carbons (Fsp3) is 0.833. The molecule has 0 aromatic carbocycles. The third-order valence-corrected chi connectivity index (χ3v) is 2.32. The Labute approximate surface area is 103 Å². The fourth-order valence-corrected chi connectivity index (χ4v) is 1.48. The molecule has 0 spiro atoms. The number of carbonyl (C=O) groups excluding carboxylic acids is 1. The molecule has 0 unspecified atom stereocenters. The van der Waals surface area contributed by atoms with Gasteiger partial charge in [0.05, 0.1) is 0 Å². The van der Waals surface area contributed by atoms with Crippen molar-refractivity contribution in [2.75, 3.05) is 13.1 Å². The van der Waals surface area contributed by atoms with Crippen molar-refractivity contribution in [3.63, 3.8) is 0 Å². The molecule has 0 aliphatic carbocycles. The van der Waals surface area contributed by atoms with Gasteiger partial charge in [-0.2, -0.15) is 0 Å². The Balaban J connectivity index is 0.000000325. The van der Waals surface area contributed by atoms with Crippen LogP contribution in [0.3, 0.4) is 0 Å². The van der Waals surface area contributed by atoms with Gasteiger partial charge in [0.25, 0.3) is 6.47 Å². The molecule has 1 aliphatic rings. The minimum Gasteiger partial charge on any atom is -0.481 e. The zero-order valence-corrected chi connectivity index (χ0v) is 10.9. The standard InChI is InChI=1S/C7H13NO2.C5H10O2/c9-7(10)5-6-1-3-8-4-2-6;1-5(2,3)7-4-6/h6,8H,1-5H2,(H,9,10);4H,1-3H3. The number of piperidine rings is 1. The Morgan fingerprint density at radius 3 is 2.24 bits per heavy atom. The molecule has 1 fully saturated rings. The molecule has 5 heteroatoms. The molecule has 0 radical (unpaired) electrons. The first-order valence-electron chi connectivity index (χ1n) is 5.89. The van der Waals surface area contributed by atoms with Crippen LogP contribution in [-0.2, 0) is 14.3 Å². The number of nitrogens with one attached hydrogen (secondary N) is 1. The van der Waals surface area contributed by atoms with Crippen molar-refractivity contribution in [2.24, 2.45) is 5.92 Å². The van der Waals surface area contributed by atoms with Crippen LogP contribution in [0, 0.1) is 5.92 Å². The van der Waals surface area contributed by atoms with Gasteiger partial charge in [-0.15, -0.1) is 0 Å². The zero-order chi connectivity index (χ0) is 13.3. The topological polar surface area (TPSA) is 75.6 Å². The van der Waals surface area contributed by atoms with E-state index in [4.69, 9.17) is 5.11 Å². The summed E-state index contributed by atoms with van der Waals surface area (Å²) in [7, 11) is 0. The molecule has 0 amide bonds. The number of ether oxygens (including phenoxy) is 1. The van der Waals surface area contributed by atoms with E-state index in [9.17, 15) is 9.59 Å². The van der Waals surface area contributed by atoms with Gasteiger partial charge in [0.1, 0.15) is 5.60 Å². The van der Waals surface area contributed by atoms with Gasteiger partial charge in [0.15, 0.2) is 0 Å². The molecular weight excluding hydrogens is 222 g/mol. The number of carbonyl (C=O) groups is 2.